The van der Waals surface area contributed by atoms with Gasteiger partial charge in [-0.3, -0.25) is 0 Å². The molecule has 2 aliphatic rings. The lowest BCUT2D eigenvalue weighted by molar-refractivity contribution is 0.242. The van der Waals surface area contributed by atoms with Crippen LogP contribution in [-0.4, -0.2) is 9.49 Å². The van der Waals surface area contributed by atoms with Crippen LogP contribution in [0.1, 0.15) is 195 Å². The van der Waals surface area contributed by atoms with Crippen LogP contribution in [0.25, 0.3) is 0 Å². The van der Waals surface area contributed by atoms with Gasteiger partial charge in [-0.05, 0) is 50.4 Å². The fourth-order valence-electron chi connectivity index (χ4n) is 7.44. The van der Waals surface area contributed by atoms with Crippen molar-refractivity contribution in [1.82, 2.24) is 0 Å². The van der Waals surface area contributed by atoms with Crippen LogP contribution < -0.4 is 0 Å². The maximum Gasteiger partial charge on any atom is 0.0191 e. The lowest BCUT2D eigenvalue weighted by atomic mass is 9.75. The van der Waals surface area contributed by atoms with Gasteiger partial charge in [-0.25, -0.2) is 0 Å². The molecule has 0 radical (unpaired) electrons. The van der Waals surface area contributed by atoms with E-state index in [0.717, 1.165) is 11.8 Å². The van der Waals surface area contributed by atoms with Gasteiger partial charge in [-0.2, -0.15) is 0 Å². The Kier molecular flexibility index (Phi) is 16.8. The molecule has 0 saturated heterocycles. The van der Waals surface area contributed by atoms with Gasteiger partial charge in [0, 0.05) is 9.49 Å². The first-order chi connectivity index (χ1) is 17.1. The lowest BCUT2D eigenvalue weighted by Gasteiger charge is -2.52. The highest BCUT2D eigenvalue weighted by atomic mass is 32.2. The molecule has 0 aromatic carbocycles. The van der Waals surface area contributed by atoms with E-state index in [9.17, 15) is 0 Å². The fourth-order valence-corrected chi connectivity index (χ4v) is 9.87. The molecule has 0 N–H and O–H groups in total. The molecule has 1 heteroatoms. The molecule has 0 heterocycles. The van der Waals surface area contributed by atoms with E-state index in [4.69, 9.17) is 0 Å². The van der Waals surface area contributed by atoms with Crippen molar-refractivity contribution in [3.05, 3.63) is 0 Å². The second-order valence-electron chi connectivity index (χ2n) is 13.0. The van der Waals surface area contributed by atoms with E-state index in [-0.39, 0.29) is 0 Å². The summed E-state index contributed by atoms with van der Waals surface area (Å²) in [6.45, 7) is 9.96. The quantitative estimate of drug-likeness (QED) is 0.148. The summed E-state index contributed by atoms with van der Waals surface area (Å²) in [7, 11) is 0. The monoisotopic (exact) mass is 506 g/mol. The molecule has 2 fully saturated rings. The van der Waals surface area contributed by atoms with E-state index >= 15 is 0 Å². The Morgan fingerprint density at radius 2 is 0.829 bits per heavy atom. The smallest absolute Gasteiger partial charge is 0.0191 e. The second-order valence-corrected chi connectivity index (χ2v) is 14.8. The van der Waals surface area contributed by atoms with Crippen molar-refractivity contribution in [2.24, 2.45) is 11.8 Å². The van der Waals surface area contributed by atoms with Gasteiger partial charge in [-0.1, -0.05) is 156 Å². The molecule has 2 rings (SSSR count). The summed E-state index contributed by atoms with van der Waals surface area (Å²) < 4.78 is 1.18. The van der Waals surface area contributed by atoms with Crippen molar-refractivity contribution >= 4 is 11.8 Å². The largest absolute Gasteiger partial charge is 0.148 e. The van der Waals surface area contributed by atoms with Gasteiger partial charge in [-0.15, -0.1) is 11.8 Å². The van der Waals surface area contributed by atoms with Crippen LogP contribution in [0.5, 0.6) is 0 Å². The molecule has 0 spiro atoms. The molecule has 4 unspecified atom stereocenters. The van der Waals surface area contributed by atoms with Gasteiger partial charge in [0.2, 0.25) is 0 Å². The van der Waals surface area contributed by atoms with Crippen LogP contribution in [0.2, 0.25) is 0 Å². The molecule has 0 amide bonds. The van der Waals surface area contributed by atoms with Crippen molar-refractivity contribution in [2.45, 2.75) is 204 Å². The molecule has 35 heavy (non-hydrogen) atoms. The predicted molar refractivity (Wildman–Crippen MR) is 163 cm³/mol. The van der Waals surface area contributed by atoms with Crippen LogP contribution in [0.15, 0.2) is 0 Å². The van der Waals surface area contributed by atoms with Gasteiger partial charge in [0.05, 0.1) is 0 Å². The minimum atomic E-state index is 0.589. The van der Waals surface area contributed by atoms with Crippen LogP contribution in [0.4, 0.5) is 0 Å². The summed E-state index contributed by atoms with van der Waals surface area (Å²) in [4.78, 5) is 0. The molecule has 2 saturated carbocycles. The number of hydrogen-bond donors (Lipinski definition) is 0. The Morgan fingerprint density at radius 1 is 0.486 bits per heavy atom. The highest BCUT2D eigenvalue weighted by molar-refractivity contribution is 8.02. The van der Waals surface area contributed by atoms with Gasteiger partial charge in [0.15, 0.2) is 0 Å². The molecule has 208 valence electrons. The van der Waals surface area contributed by atoms with Crippen LogP contribution >= 0.6 is 11.8 Å². The standard InChI is InChI=1S/C34H66S/c1-5-7-9-11-13-15-17-21-27-33(29-23-19-25-31(33)3)35-34(30-24-20-26-32(34)4)28-22-18-16-14-12-10-8-6-2/h31-32H,5-30H2,1-4H3. The van der Waals surface area contributed by atoms with Crippen molar-refractivity contribution in [3.8, 4) is 0 Å². The minimum Gasteiger partial charge on any atom is -0.148 e. The normalized spacial score (nSPS) is 29.5. The molecule has 0 nitrogen and oxygen atoms in total. The molecule has 0 aromatic rings. The number of unbranched alkanes of at least 4 members (excludes halogenated alkanes) is 14. The van der Waals surface area contributed by atoms with Gasteiger partial charge < -0.3 is 0 Å². The Labute approximate surface area is 227 Å². The van der Waals surface area contributed by atoms with Crippen molar-refractivity contribution in [1.29, 1.82) is 0 Å². The third-order valence-corrected chi connectivity index (χ3v) is 12.5. The maximum atomic E-state index is 2.65. The van der Waals surface area contributed by atoms with Gasteiger partial charge >= 0.3 is 0 Å². The minimum absolute atomic E-state index is 0.589. The van der Waals surface area contributed by atoms with Crippen molar-refractivity contribution in [3.63, 3.8) is 0 Å². The van der Waals surface area contributed by atoms with E-state index in [0.29, 0.717) is 9.49 Å². The number of rotatable bonds is 20. The average Bonchev–Trinajstić information content (AvgIpc) is 2.86. The summed E-state index contributed by atoms with van der Waals surface area (Å²) >= 11 is 2.60. The van der Waals surface area contributed by atoms with Crippen LogP contribution in [0.3, 0.4) is 0 Å². The first kappa shape index (κ1) is 31.6. The molecule has 0 aliphatic heterocycles. The van der Waals surface area contributed by atoms with Crippen LogP contribution in [0, 0.1) is 11.8 Å². The third kappa shape index (κ3) is 11.3. The van der Waals surface area contributed by atoms with E-state index in [1.807, 2.05) is 0 Å². The Morgan fingerprint density at radius 3 is 1.17 bits per heavy atom. The summed E-state index contributed by atoms with van der Waals surface area (Å²) in [6.07, 6.45) is 38.4. The molecule has 4 atom stereocenters. The Balaban J connectivity index is 1.91. The molecule has 0 bridgehead atoms. The fraction of sp³-hybridized carbons (Fsp3) is 1.00. The van der Waals surface area contributed by atoms with Crippen LogP contribution in [-0.2, 0) is 0 Å². The highest BCUT2D eigenvalue weighted by Gasteiger charge is 2.48. The first-order valence-corrected chi connectivity index (χ1v) is 17.6. The zero-order chi connectivity index (χ0) is 25.2. The summed E-state index contributed by atoms with van der Waals surface area (Å²) in [5.74, 6) is 1.85. The molecular weight excluding hydrogens is 440 g/mol. The number of thioether (sulfide) groups is 1. The number of hydrogen-bond acceptors (Lipinski definition) is 1. The van der Waals surface area contributed by atoms with E-state index in [1.54, 1.807) is 0 Å². The lowest BCUT2D eigenvalue weighted by Crippen LogP contribution is -2.46. The summed E-state index contributed by atoms with van der Waals surface area (Å²) in [5.41, 5.74) is 0. The van der Waals surface area contributed by atoms with E-state index in [2.05, 4.69) is 39.5 Å². The van der Waals surface area contributed by atoms with Crippen molar-refractivity contribution < 1.29 is 0 Å². The Hall–Kier alpha value is 0.350. The van der Waals surface area contributed by atoms with Gasteiger partial charge in [0.25, 0.3) is 0 Å². The third-order valence-electron chi connectivity index (χ3n) is 10.1. The second kappa shape index (κ2) is 18.6. The highest BCUT2D eigenvalue weighted by Crippen LogP contribution is 2.58. The van der Waals surface area contributed by atoms with Gasteiger partial charge in [0.1, 0.15) is 0 Å². The molecular formula is C34H66S. The van der Waals surface area contributed by atoms with E-state index < -0.39 is 0 Å². The molecule has 0 aromatic heterocycles. The average molecular weight is 507 g/mol. The molecule has 2 aliphatic carbocycles. The summed E-state index contributed by atoms with van der Waals surface area (Å²) in [6, 6.07) is 0. The zero-order valence-corrected chi connectivity index (χ0v) is 25.8. The SMILES string of the molecule is CCCCCCCCCCC1(SC2(CCCCCCCCCC)CCCCC2C)CCCCC1C. The van der Waals surface area contributed by atoms with E-state index in [1.165, 1.54) is 167 Å². The first-order valence-electron chi connectivity index (χ1n) is 16.8. The zero-order valence-electron chi connectivity index (χ0n) is 24.9. The maximum absolute atomic E-state index is 2.65. The summed E-state index contributed by atoms with van der Waals surface area (Å²) in [5, 5.41) is 0. The topological polar surface area (TPSA) is 0 Å². The predicted octanol–water partition coefficient (Wildman–Crippen LogP) is 12.7. The Bertz CT molecular complexity index is 457. The van der Waals surface area contributed by atoms with Crippen molar-refractivity contribution in [2.75, 3.05) is 0 Å².